The van der Waals surface area contributed by atoms with Crippen LogP contribution in [0, 0.1) is 11.3 Å². The minimum absolute atomic E-state index is 0.524. The van der Waals surface area contributed by atoms with Crippen molar-refractivity contribution in [3.8, 4) is 11.8 Å². The summed E-state index contributed by atoms with van der Waals surface area (Å²) in [6, 6.07) is 5.58. The molecule has 0 atom stereocenters. The highest BCUT2D eigenvalue weighted by molar-refractivity contribution is 5.87. The smallest absolute Gasteiger partial charge is 0.147 e. The molecule has 1 aromatic carbocycles. The topological polar surface area (TPSA) is 61.7 Å². The van der Waals surface area contributed by atoms with Gasteiger partial charge in [0.1, 0.15) is 11.8 Å². The second kappa shape index (κ2) is 2.79. The minimum atomic E-state index is 0.524. The number of aromatic nitrogens is 2. The summed E-state index contributed by atoms with van der Waals surface area (Å²) >= 11 is 0. The van der Waals surface area contributed by atoms with Crippen molar-refractivity contribution in [3.63, 3.8) is 0 Å². The normalized spacial score (nSPS) is 9.85. The first kappa shape index (κ1) is 7.62. The summed E-state index contributed by atoms with van der Waals surface area (Å²) in [5.41, 5.74) is 1.40. The summed E-state index contributed by atoms with van der Waals surface area (Å²) < 4.78 is 5.13. The van der Waals surface area contributed by atoms with Gasteiger partial charge in [-0.1, -0.05) is 0 Å². The van der Waals surface area contributed by atoms with Gasteiger partial charge in [-0.25, -0.2) is 0 Å². The molecule has 4 heteroatoms. The molecule has 64 valence electrons. The van der Waals surface area contributed by atoms with E-state index in [1.54, 1.807) is 19.4 Å². The molecular formula is C9H7N3O. The van der Waals surface area contributed by atoms with E-state index in [1.807, 2.05) is 6.07 Å². The van der Waals surface area contributed by atoms with Crippen LogP contribution in [-0.2, 0) is 0 Å². The molecule has 0 aliphatic carbocycles. The number of ether oxygens (including phenoxy) is 1. The zero-order valence-electron chi connectivity index (χ0n) is 7.03. The van der Waals surface area contributed by atoms with Gasteiger partial charge in [-0.05, 0) is 12.1 Å². The van der Waals surface area contributed by atoms with Gasteiger partial charge in [0.25, 0.3) is 0 Å². The number of aromatic amines is 1. The van der Waals surface area contributed by atoms with Gasteiger partial charge >= 0.3 is 0 Å². The number of methoxy groups -OCH3 is 1. The maximum atomic E-state index is 8.79. The molecule has 0 saturated carbocycles. The Hall–Kier alpha value is -2.02. The second-order valence-electron chi connectivity index (χ2n) is 2.59. The molecule has 0 aliphatic rings. The highest BCUT2D eigenvalue weighted by Crippen LogP contribution is 2.27. The Bertz CT molecular complexity index is 481. The van der Waals surface area contributed by atoms with Gasteiger partial charge in [-0.3, -0.25) is 5.10 Å². The van der Waals surface area contributed by atoms with Crippen LogP contribution in [0.15, 0.2) is 18.3 Å². The third-order valence-electron chi connectivity index (χ3n) is 1.90. The van der Waals surface area contributed by atoms with Crippen molar-refractivity contribution in [1.29, 1.82) is 5.26 Å². The standard InChI is InChI=1S/C9H7N3O/c1-13-9-6(4-10)2-3-8-7(9)5-11-12-8/h2-3,5H,1H3,(H,11,12). The molecule has 2 rings (SSSR count). The van der Waals surface area contributed by atoms with E-state index in [1.165, 1.54) is 0 Å². The highest BCUT2D eigenvalue weighted by atomic mass is 16.5. The van der Waals surface area contributed by atoms with Crippen LogP contribution in [0.4, 0.5) is 0 Å². The lowest BCUT2D eigenvalue weighted by molar-refractivity contribution is 0.418. The van der Waals surface area contributed by atoms with E-state index < -0.39 is 0 Å². The maximum Gasteiger partial charge on any atom is 0.147 e. The Kier molecular flexibility index (Phi) is 1.64. The second-order valence-corrected chi connectivity index (χ2v) is 2.59. The van der Waals surface area contributed by atoms with Crippen LogP contribution in [0.5, 0.6) is 5.75 Å². The molecule has 0 amide bonds. The van der Waals surface area contributed by atoms with Crippen molar-refractivity contribution in [1.82, 2.24) is 10.2 Å². The molecule has 1 aromatic heterocycles. The summed E-state index contributed by atoms with van der Waals surface area (Å²) in [7, 11) is 1.54. The predicted molar refractivity (Wildman–Crippen MR) is 47.4 cm³/mol. The van der Waals surface area contributed by atoms with E-state index in [2.05, 4.69) is 16.3 Å². The molecule has 1 N–H and O–H groups in total. The average Bonchev–Trinajstić information content (AvgIpc) is 2.63. The number of hydrogen-bond acceptors (Lipinski definition) is 3. The molecule has 13 heavy (non-hydrogen) atoms. The highest BCUT2D eigenvalue weighted by Gasteiger charge is 2.08. The number of H-pyrrole nitrogens is 1. The Morgan fingerprint density at radius 3 is 3.08 bits per heavy atom. The first-order valence-corrected chi connectivity index (χ1v) is 3.77. The fraction of sp³-hybridized carbons (Fsp3) is 0.111. The van der Waals surface area contributed by atoms with E-state index in [-0.39, 0.29) is 0 Å². The fourth-order valence-electron chi connectivity index (χ4n) is 1.30. The van der Waals surface area contributed by atoms with E-state index in [0.29, 0.717) is 11.3 Å². The number of benzene rings is 1. The zero-order valence-corrected chi connectivity index (χ0v) is 7.03. The molecule has 2 aromatic rings. The van der Waals surface area contributed by atoms with E-state index in [4.69, 9.17) is 10.00 Å². The summed E-state index contributed by atoms with van der Waals surface area (Å²) in [4.78, 5) is 0. The van der Waals surface area contributed by atoms with Crippen LogP contribution < -0.4 is 4.74 Å². The van der Waals surface area contributed by atoms with Crippen LogP contribution in [-0.4, -0.2) is 17.3 Å². The van der Waals surface area contributed by atoms with Crippen LogP contribution in [0.25, 0.3) is 10.9 Å². The molecule has 0 spiro atoms. The van der Waals surface area contributed by atoms with E-state index >= 15 is 0 Å². The largest absolute Gasteiger partial charge is 0.495 e. The number of nitrogens with one attached hydrogen (secondary N) is 1. The first-order valence-electron chi connectivity index (χ1n) is 3.77. The van der Waals surface area contributed by atoms with Crippen molar-refractivity contribution in [2.75, 3.05) is 7.11 Å². The molecule has 0 radical (unpaired) electrons. The van der Waals surface area contributed by atoms with Gasteiger partial charge in [-0.15, -0.1) is 0 Å². The summed E-state index contributed by atoms with van der Waals surface area (Å²) in [6.07, 6.45) is 1.65. The van der Waals surface area contributed by atoms with E-state index in [0.717, 1.165) is 10.9 Å². The molecule has 0 saturated heterocycles. The first-order chi connectivity index (χ1) is 6.36. The molecule has 4 nitrogen and oxygen atoms in total. The predicted octanol–water partition coefficient (Wildman–Crippen LogP) is 1.44. The Labute approximate surface area is 74.7 Å². The molecule has 0 unspecified atom stereocenters. The quantitative estimate of drug-likeness (QED) is 0.709. The number of rotatable bonds is 1. The van der Waals surface area contributed by atoms with Crippen molar-refractivity contribution in [2.24, 2.45) is 0 Å². The van der Waals surface area contributed by atoms with Crippen LogP contribution in [0.2, 0.25) is 0 Å². The Morgan fingerprint density at radius 2 is 2.38 bits per heavy atom. The van der Waals surface area contributed by atoms with Crippen molar-refractivity contribution in [3.05, 3.63) is 23.9 Å². The van der Waals surface area contributed by atoms with Gasteiger partial charge in [-0.2, -0.15) is 10.4 Å². The number of fused-ring (bicyclic) bond motifs is 1. The molecule has 0 fully saturated rings. The van der Waals surface area contributed by atoms with Gasteiger partial charge in [0.15, 0.2) is 0 Å². The third kappa shape index (κ3) is 1.02. The SMILES string of the molecule is COc1c(C#N)ccc2[nH]ncc12. The third-order valence-corrected chi connectivity index (χ3v) is 1.90. The molecular weight excluding hydrogens is 166 g/mol. The number of nitriles is 1. The minimum Gasteiger partial charge on any atom is -0.495 e. The van der Waals surface area contributed by atoms with Crippen molar-refractivity contribution < 1.29 is 4.74 Å². The number of hydrogen-bond donors (Lipinski definition) is 1. The fourth-order valence-corrected chi connectivity index (χ4v) is 1.30. The molecule has 0 bridgehead atoms. The monoisotopic (exact) mass is 173 g/mol. The molecule has 1 heterocycles. The van der Waals surface area contributed by atoms with Gasteiger partial charge in [0, 0.05) is 0 Å². The Morgan fingerprint density at radius 1 is 1.54 bits per heavy atom. The lowest BCUT2D eigenvalue weighted by Gasteiger charge is -2.02. The van der Waals surface area contributed by atoms with Gasteiger partial charge in [0.2, 0.25) is 0 Å². The molecule has 0 aliphatic heterocycles. The number of nitrogens with zero attached hydrogens (tertiary/aromatic N) is 2. The average molecular weight is 173 g/mol. The van der Waals surface area contributed by atoms with Crippen LogP contribution in [0.1, 0.15) is 5.56 Å². The zero-order chi connectivity index (χ0) is 9.26. The van der Waals surface area contributed by atoms with Crippen LogP contribution >= 0.6 is 0 Å². The summed E-state index contributed by atoms with van der Waals surface area (Å²) in [5, 5.41) is 16.3. The van der Waals surface area contributed by atoms with Gasteiger partial charge in [0.05, 0.1) is 29.8 Å². The van der Waals surface area contributed by atoms with E-state index in [9.17, 15) is 0 Å². The summed E-state index contributed by atoms with van der Waals surface area (Å²) in [5.74, 6) is 0.578. The van der Waals surface area contributed by atoms with Crippen LogP contribution in [0.3, 0.4) is 0 Å². The lowest BCUT2D eigenvalue weighted by atomic mass is 10.1. The van der Waals surface area contributed by atoms with Gasteiger partial charge < -0.3 is 4.74 Å². The van der Waals surface area contributed by atoms with Crippen molar-refractivity contribution >= 4 is 10.9 Å². The lowest BCUT2D eigenvalue weighted by Crippen LogP contribution is -1.87. The maximum absolute atomic E-state index is 8.79. The summed E-state index contributed by atoms with van der Waals surface area (Å²) in [6.45, 7) is 0. The van der Waals surface area contributed by atoms with Crippen molar-refractivity contribution in [2.45, 2.75) is 0 Å². The Balaban J connectivity index is 2.84.